The number of halogens is 1. The summed E-state index contributed by atoms with van der Waals surface area (Å²) in [5.74, 6) is 0.0429. The Morgan fingerprint density at radius 2 is 2.08 bits per heavy atom. The second kappa shape index (κ2) is 6.70. The van der Waals surface area contributed by atoms with Crippen molar-refractivity contribution in [3.8, 4) is 11.5 Å². The van der Waals surface area contributed by atoms with Crippen LogP contribution in [0.5, 0.6) is 11.5 Å². The van der Waals surface area contributed by atoms with Crippen LogP contribution in [-0.2, 0) is 7.05 Å². The summed E-state index contributed by atoms with van der Waals surface area (Å²) in [7, 11) is 1.67. The number of nitro groups is 1. The third kappa shape index (κ3) is 3.48. The fraction of sp³-hybridized carbons (Fsp3) is 0.0625. The van der Waals surface area contributed by atoms with Crippen LogP contribution in [0.2, 0.25) is 5.15 Å². The molecule has 0 saturated heterocycles. The van der Waals surface area contributed by atoms with Crippen molar-refractivity contribution in [3.05, 3.63) is 75.6 Å². The molecule has 0 fully saturated rings. The quantitative estimate of drug-likeness (QED) is 0.300. The van der Waals surface area contributed by atoms with Gasteiger partial charge in [0.1, 0.15) is 10.9 Å². The number of carbonyl (C=O) groups is 1. The number of ketones is 1. The molecule has 3 aromatic rings. The average molecular weight is 359 g/mol. The van der Waals surface area contributed by atoms with Gasteiger partial charge in [0.2, 0.25) is 11.5 Å². The van der Waals surface area contributed by atoms with E-state index in [-0.39, 0.29) is 33.7 Å². The minimum atomic E-state index is -0.617. The number of hydrogen-bond acceptors (Lipinski definition) is 6. The first-order valence-electron chi connectivity index (χ1n) is 7.05. The highest BCUT2D eigenvalue weighted by Crippen LogP contribution is 2.32. The zero-order chi connectivity index (χ0) is 18.0. The average Bonchev–Trinajstić information content (AvgIpc) is 3.02. The molecule has 0 aliphatic rings. The van der Waals surface area contributed by atoms with Crippen LogP contribution in [0.1, 0.15) is 16.2 Å². The van der Waals surface area contributed by atoms with Gasteiger partial charge in [-0.05, 0) is 24.3 Å². The van der Waals surface area contributed by atoms with E-state index in [0.29, 0.717) is 0 Å². The zero-order valence-electron chi connectivity index (χ0n) is 12.9. The van der Waals surface area contributed by atoms with Gasteiger partial charge in [0.25, 0.3) is 0 Å². The molecule has 0 unspecified atom stereocenters. The highest BCUT2D eigenvalue weighted by molar-refractivity contribution is 6.29. The summed E-state index contributed by atoms with van der Waals surface area (Å²) < 4.78 is 7.02. The second-order valence-electron chi connectivity index (χ2n) is 5.05. The van der Waals surface area contributed by atoms with Crippen LogP contribution >= 0.6 is 11.6 Å². The van der Waals surface area contributed by atoms with Crippen molar-refractivity contribution in [2.75, 3.05) is 0 Å². The highest BCUT2D eigenvalue weighted by Gasteiger charge is 2.22. The summed E-state index contributed by atoms with van der Waals surface area (Å²) in [5, 5.41) is 11.6. The van der Waals surface area contributed by atoms with Crippen molar-refractivity contribution < 1.29 is 14.5 Å². The van der Waals surface area contributed by atoms with E-state index in [9.17, 15) is 14.9 Å². The van der Waals surface area contributed by atoms with Crippen LogP contribution in [0, 0.1) is 10.1 Å². The van der Waals surface area contributed by atoms with E-state index in [2.05, 4.69) is 9.97 Å². The minimum Gasteiger partial charge on any atom is -0.449 e. The lowest BCUT2D eigenvalue weighted by Crippen LogP contribution is -2.09. The van der Waals surface area contributed by atoms with Gasteiger partial charge in [-0.2, -0.15) is 0 Å². The molecule has 126 valence electrons. The van der Waals surface area contributed by atoms with E-state index < -0.39 is 10.7 Å². The van der Waals surface area contributed by atoms with Gasteiger partial charge in [0.05, 0.1) is 11.1 Å². The Labute approximate surface area is 146 Å². The van der Waals surface area contributed by atoms with Gasteiger partial charge in [-0.25, -0.2) is 9.97 Å². The molecular weight excluding hydrogens is 348 g/mol. The lowest BCUT2D eigenvalue weighted by Gasteiger charge is -2.07. The van der Waals surface area contributed by atoms with Crippen LogP contribution in [-0.4, -0.2) is 25.2 Å². The molecule has 2 heterocycles. The Bertz CT molecular complexity index is 953. The maximum Gasteiger partial charge on any atom is 0.312 e. The number of nitro benzene ring substituents is 1. The first kappa shape index (κ1) is 16.6. The third-order valence-corrected chi connectivity index (χ3v) is 3.59. The van der Waals surface area contributed by atoms with Crippen molar-refractivity contribution in [2.45, 2.75) is 0 Å². The number of ether oxygens (including phenoxy) is 1. The van der Waals surface area contributed by atoms with Crippen LogP contribution in [0.15, 0.2) is 48.9 Å². The van der Waals surface area contributed by atoms with Crippen LogP contribution in [0.3, 0.4) is 0 Å². The third-order valence-electron chi connectivity index (χ3n) is 3.37. The van der Waals surface area contributed by atoms with E-state index in [0.717, 1.165) is 6.07 Å². The van der Waals surface area contributed by atoms with Crippen LogP contribution in [0.25, 0.3) is 0 Å². The summed E-state index contributed by atoms with van der Waals surface area (Å²) in [6.07, 6.45) is 4.44. The van der Waals surface area contributed by atoms with Crippen molar-refractivity contribution in [1.29, 1.82) is 0 Å². The minimum absolute atomic E-state index is 0.00878. The normalized spacial score (nSPS) is 10.5. The van der Waals surface area contributed by atoms with Gasteiger partial charge in [-0.3, -0.25) is 14.9 Å². The molecule has 9 heteroatoms. The van der Waals surface area contributed by atoms with Crippen LogP contribution in [0.4, 0.5) is 5.69 Å². The Balaban J connectivity index is 1.96. The molecule has 8 nitrogen and oxygen atoms in total. The van der Waals surface area contributed by atoms with Crippen molar-refractivity contribution in [1.82, 2.24) is 14.5 Å². The molecule has 2 aromatic heterocycles. The predicted molar refractivity (Wildman–Crippen MR) is 89.1 cm³/mol. The van der Waals surface area contributed by atoms with Gasteiger partial charge < -0.3 is 9.30 Å². The number of carbonyl (C=O) groups excluding carboxylic acids is 1. The lowest BCUT2D eigenvalue weighted by molar-refractivity contribution is -0.385. The molecule has 0 spiro atoms. The van der Waals surface area contributed by atoms with Gasteiger partial charge in [0.15, 0.2) is 5.82 Å². The number of rotatable bonds is 5. The number of hydrogen-bond donors (Lipinski definition) is 0. The summed E-state index contributed by atoms with van der Waals surface area (Å²) in [5.41, 5.74) is -0.197. The number of imidazole rings is 1. The molecule has 0 aliphatic carbocycles. The molecule has 1 aromatic carbocycles. The summed E-state index contributed by atoms with van der Waals surface area (Å²) >= 11 is 5.69. The monoisotopic (exact) mass is 358 g/mol. The van der Waals surface area contributed by atoms with Gasteiger partial charge in [-0.1, -0.05) is 11.6 Å². The number of aromatic nitrogens is 3. The summed E-state index contributed by atoms with van der Waals surface area (Å²) in [4.78, 5) is 31.0. The Morgan fingerprint density at radius 3 is 2.68 bits per heavy atom. The van der Waals surface area contributed by atoms with E-state index in [1.165, 1.54) is 41.2 Å². The highest BCUT2D eigenvalue weighted by atomic mass is 35.5. The van der Waals surface area contributed by atoms with Gasteiger partial charge in [0, 0.05) is 31.1 Å². The zero-order valence-corrected chi connectivity index (χ0v) is 13.7. The molecule has 0 saturated carbocycles. The van der Waals surface area contributed by atoms with E-state index >= 15 is 0 Å². The molecule has 0 atom stereocenters. The molecular formula is C16H11ClN4O4. The number of benzene rings is 1. The largest absolute Gasteiger partial charge is 0.449 e. The van der Waals surface area contributed by atoms with Gasteiger partial charge >= 0.3 is 5.69 Å². The summed E-state index contributed by atoms with van der Waals surface area (Å²) in [6, 6.07) is 7.01. The fourth-order valence-electron chi connectivity index (χ4n) is 2.15. The van der Waals surface area contributed by atoms with Crippen molar-refractivity contribution in [2.24, 2.45) is 7.05 Å². The van der Waals surface area contributed by atoms with Crippen LogP contribution < -0.4 is 4.74 Å². The fourth-order valence-corrected chi connectivity index (χ4v) is 2.26. The maximum atomic E-state index is 12.4. The Morgan fingerprint density at radius 1 is 1.28 bits per heavy atom. The van der Waals surface area contributed by atoms with Crippen molar-refractivity contribution >= 4 is 23.1 Å². The first-order chi connectivity index (χ1) is 12.0. The molecule has 0 N–H and O–H groups in total. The van der Waals surface area contributed by atoms with E-state index in [1.54, 1.807) is 13.2 Å². The SMILES string of the molecule is Cn1ccnc1C(=O)c1ccc(Oc2ccc(Cl)nc2)c([N+](=O)[O-])c1. The molecule has 3 rings (SSSR count). The number of nitrogens with zero attached hydrogens (tertiary/aromatic N) is 4. The first-order valence-corrected chi connectivity index (χ1v) is 7.43. The van der Waals surface area contributed by atoms with E-state index in [1.807, 2.05) is 0 Å². The number of pyridine rings is 1. The molecule has 0 amide bonds. The Hall–Kier alpha value is -3.26. The smallest absolute Gasteiger partial charge is 0.312 e. The standard InChI is InChI=1S/C16H11ClN4O4/c1-20-7-6-18-16(20)15(22)10-2-4-13(12(8-10)21(23)24)25-11-3-5-14(17)19-9-11/h2-9H,1H3. The summed E-state index contributed by atoms with van der Waals surface area (Å²) in [6.45, 7) is 0. The number of aryl methyl sites for hydroxylation is 1. The van der Waals surface area contributed by atoms with E-state index in [4.69, 9.17) is 16.3 Å². The molecule has 25 heavy (non-hydrogen) atoms. The molecule has 0 bridgehead atoms. The second-order valence-corrected chi connectivity index (χ2v) is 5.44. The topological polar surface area (TPSA) is 100 Å². The predicted octanol–water partition coefficient (Wildman–Crippen LogP) is 3.40. The van der Waals surface area contributed by atoms with Crippen molar-refractivity contribution in [3.63, 3.8) is 0 Å². The molecule has 0 aliphatic heterocycles. The van der Waals surface area contributed by atoms with Gasteiger partial charge in [-0.15, -0.1) is 0 Å². The lowest BCUT2D eigenvalue weighted by atomic mass is 10.1. The molecule has 0 radical (unpaired) electrons. The Kier molecular flexibility index (Phi) is 4.44. The maximum absolute atomic E-state index is 12.4.